The third-order valence-electron chi connectivity index (χ3n) is 4.68. The van der Waals surface area contributed by atoms with Crippen LogP contribution in [0.5, 0.6) is 0 Å². The van der Waals surface area contributed by atoms with Gasteiger partial charge in [0.05, 0.1) is 16.9 Å². The van der Waals surface area contributed by atoms with Crippen LogP contribution >= 0.6 is 0 Å². The van der Waals surface area contributed by atoms with Gasteiger partial charge in [-0.2, -0.15) is 18.3 Å². The number of hydrogen-bond donors (Lipinski definition) is 0. The lowest BCUT2D eigenvalue weighted by Gasteiger charge is -2.21. The third-order valence-corrected chi connectivity index (χ3v) is 4.68. The van der Waals surface area contributed by atoms with E-state index in [1.54, 1.807) is 12.1 Å². The van der Waals surface area contributed by atoms with E-state index in [0.29, 0.717) is 5.69 Å². The highest BCUT2D eigenvalue weighted by atomic mass is 19.4. The van der Waals surface area contributed by atoms with Gasteiger partial charge in [0.25, 0.3) is 11.8 Å². The van der Waals surface area contributed by atoms with E-state index in [0.717, 1.165) is 33.2 Å². The number of aryl methyl sites for hydroxylation is 2. The van der Waals surface area contributed by atoms with Crippen molar-refractivity contribution in [2.24, 2.45) is 10.3 Å². The van der Waals surface area contributed by atoms with Crippen LogP contribution in [-0.4, -0.2) is 23.9 Å². The second-order valence-electron chi connectivity index (χ2n) is 6.85. The molecule has 9 heteroatoms. The standard InChI is InChI=1S/C19H15F3N4O2/c1-10-6-11(2)8-14(7-10)25-17(27)15-16(18(25)28)26(24-23-15)13-5-3-4-12(9-13)19(20,21)22/h3-9,15-16H,1-2H3/t15-,16+/m1/s1. The van der Waals surface area contributed by atoms with E-state index in [1.165, 1.54) is 12.1 Å². The molecule has 0 radical (unpaired) electrons. The Morgan fingerprint density at radius 1 is 0.929 bits per heavy atom. The molecule has 2 aromatic rings. The monoisotopic (exact) mass is 388 g/mol. The van der Waals surface area contributed by atoms with Gasteiger partial charge in [-0.3, -0.25) is 9.59 Å². The summed E-state index contributed by atoms with van der Waals surface area (Å²) in [5.74, 6) is -1.11. The summed E-state index contributed by atoms with van der Waals surface area (Å²) in [4.78, 5) is 26.8. The molecule has 2 amide bonds. The van der Waals surface area contributed by atoms with Crippen molar-refractivity contribution in [2.75, 3.05) is 9.91 Å². The van der Waals surface area contributed by atoms with Crippen molar-refractivity contribution in [3.63, 3.8) is 0 Å². The van der Waals surface area contributed by atoms with E-state index in [1.807, 2.05) is 19.9 Å². The maximum absolute atomic E-state index is 13.0. The first kappa shape index (κ1) is 18.1. The van der Waals surface area contributed by atoms with E-state index < -0.39 is 35.6 Å². The molecule has 0 spiro atoms. The van der Waals surface area contributed by atoms with Crippen LogP contribution in [-0.2, 0) is 15.8 Å². The molecule has 6 nitrogen and oxygen atoms in total. The molecule has 2 aliphatic rings. The zero-order valence-corrected chi connectivity index (χ0v) is 14.9. The van der Waals surface area contributed by atoms with Crippen LogP contribution in [0, 0.1) is 13.8 Å². The van der Waals surface area contributed by atoms with E-state index in [2.05, 4.69) is 10.3 Å². The zero-order chi connectivity index (χ0) is 20.2. The molecular weight excluding hydrogens is 373 g/mol. The number of benzene rings is 2. The number of carbonyl (C=O) groups is 2. The van der Waals surface area contributed by atoms with Gasteiger partial charge in [0.1, 0.15) is 0 Å². The molecule has 2 atom stereocenters. The summed E-state index contributed by atoms with van der Waals surface area (Å²) in [7, 11) is 0. The van der Waals surface area contributed by atoms with Crippen molar-refractivity contribution < 1.29 is 22.8 Å². The average Bonchev–Trinajstić information content (AvgIpc) is 3.14. The molecule has 0 aromatic heterocycles. The number of amides is 2. The number of halogens is 3. The minimum Gasteiger partial charge on any atom is -0.271 e. The summed E-state index contributed by atoms with van der Waals surface area (Å²) in [5.41, 5.74) is 1.36. The predicted molar refractivity (Wildman–Crippen MR) is 94.8 cm³/mol. The van der Waals surface area contributed by atoms with Gasteiger partial charge in [0.2, 0.25) is 0 Å². The summed E-state index contributed by atoms with van der Waals surface area (Å²) in [5, 5.41) is 8.74. The molecule has 2 aliphatic heterocycles. The first-order valence-corrected chi connectivity index (χ1v) is 8.50. The molecule has 1 fully saturated rings. The molecule has 0 bridgehead atoms. The molecular formula is C19H15F3N4O2. The van der Waals surface area contributed by atoms with E-state index in [9.17, 15) is 22.8 Å². The zero-order valence-electron chi connectivity index (χ0n) is 14.9. The first-order chi connectivity index (χ1) is 13.2. The molecule has 4 rings (SSSR count). The smallest absolute Gasteiger partial charge is 0.271 e. The molecule has 1 saturated heterocycles. The number of nitrogens with zero attached hydrogens (tertiary/aromatic N) is 4. The second kappa shape index (κ2) is 6.15. The van der Waals surface area contributed by atoms with E-state index in [-0.39, 0.29) is 5.69 Å². The average molecular weight is 388 g/mol. The lowest BCUT2D eigenvalue weighted by molar-refractivity contribution is -0.137. The van der Waals surface area contributed by atoms with Crippen molar-refractivity contribution in [1.82, 2.24) is 0 Å². The van der Waals surface area contributed by atoms with Gasteiger partial charge in [0.15, 0.2) is 12.1 Å². The van der Waals surface area contributed by atoms with Crippen molar-refractivity contribution in [2.45, 2.75) is 32.1 Å². The van der Waals surface area contributed by atoms with Gasteiger partial charge >= 0.3 is 6.18 Å². The van der Waals surface area contributed by atoms with Crippen molar-refractivity contribution >= 4 is 23.2 Å². The Bertz CT molecular complexity index is 998. The van der Waals surface area contributed by atoms with Gasteiger partial charge in [-0.25, -0.2) is 9.91 Å². The van der Waals surface area contributed by atoms with Crippen molar-refractivity contribution in [1.29, 1.82) is 0 Å². The molecule has 0 aliphatic carbocycles. The Kier molecular flexibility index (Phi) is 3.99. The van der Waals surface area contributed by atoms with Gasteiger partial charge in [-0.1, -0.05) is 17.4 Å². The fourth-order valence-corrected chi connectivity index (χ4v) is 3.53. The molecule has 0 unspecified atom stereocenters. The SMILES string of the molecule is Cc1cc(C)cc(N2C(=O)[C@@H]3[C@@H](N=NN3c3cccc(C(F)(F)F)c3)C2=O)c1. The maximum Gasteiger partial charge on any atom is 0.416 e. The fraction of sp³-hybridized carbons (Fsp3) is 0.263. The second-order valence-corrected chi connectivity index (χ2v) is 6.85. The number of imide groups is 1. The van der Waals surface area contributed by atoms with E-state index in [4.69, 9.17) is 0 Å². The highest BCUT2D eigenvalue weighted by molar-refractivity contribution is 6.26. The van der Waals surface area contributed by atoms with Crippen LogP contribution in [0.1, 0.15) is 16.7 Å². The molecule has 144 valence electrons. The normalized spacial score (nSPS) is 21.6. The molecule has 0 saturated carbocycles. The first-order valence-electron chi connectivity index (χ1n) is 8.50. The van der Waals surface area contributed by atoms with Crippen LogP contribution in [0.2, 0.25) is 0 Å². The number of rotatable bonds is 2. The Morgan fingerprint density at radius 2 is 1.61 bits per heavy atom. The Hall–Kier alpha value is -3.23. The largest absolute Gasteiger partial charge is 0.416 e. The Labute approximate surface area is 158 Å². The summed E-state index contributed by atoms with van der Waals surface area (Å²) in [6.45, 7) is 3.69. The number of fused-ring (bicyclic) bond motifs is 1. The number of anilines is 2. The number of hydrogen-bond acceptors (Lipinski definition) is 5. The maximum atomic E-state index is 13.0. The molecule has 2 heterocycles. The molecule has 0 N–H and O–H groups in total. The highest BCUT2D eigenvalue weighted by Crippen LogP contribution is 2.37. The Balaban J connectivity index is 1.71. The van der Waals surface area contributed by atoms with E-state index >= 15 is 0 Å². The van der Waals surface area contributed by atoms with Crippen LogP contribution < -0.4 is 9.91 Å². The summed E-state index contributed by atoms with van der Waals surface area (Å²) >= 11 is 0. The van der Waals surface area contributed by atoms with Crippen LogP contribution in [0.4, 0.5) is 24.5 Å². The molecule has 2 aromatic carbocycles. The lowest BCUT2D eigenvalue weighted by atomic mass is 10.1. The Morgan fingerprint density at radius 3 is 2.25 bits per heavy atom. The number of carbonyl (C=O) groups excluding carboxylic acids is 2. The quantitative estimate of drug-likeness (QED) is 0.735. The van der Waals surface area contributed by atoms with Gasteiger partial charge < -0.3 is 0 Å². The summed E-state index contributed by atoms with van der Waals surface area (Å²) in [6.07, 6.45) is -4.53. The van der Waals surface area contributed by atoms with Crippen molar-refractivity contribution in [3.05, 3.63) is 59.2 Å². The number of alkyl halides is 3. The summed E-state index contributed by atoms with van der Waals surface area (Å²) < 4.78 is 39.1. The van der Waals surface area contributed by atoms with Gasteiger partial charge in [0, 0.05) is 0 Å². The summed E-state index contributed by atoms with van der Waals surface area (Å²) in [6, 6.07) is 7.57. The topological polar surface area (TPSA) is 65.3 Å². The predicted octanol–water partition coefficient (Wildman–Crippen LogP) is 3.82. The van der Waals surface area contributed by atoms with Crippen molar-refractivity contribution in [3.8, 4) is 0 Å². The minimum atomic E-state index is -4.53. The van der Waals surface area contributed by atoms with Crippen LogP contribution in [0.15, 0.2) is 52.8 Å². The van der Waals surface area contributed by atoms with Crippen LogP contribution in [0.25, 0.3) is 0 Å². The van der Waals surface area contributed by atoms with Gasteiger partial charge in [-0.05, 0) is 55.3 Å². The fourth-order valence-electron chi connectivity index (χ4n) is 3.53. The van der Waals surface area contributed by atoms with Crippen LogP contribution in [0.3, 0.4) is 0 Å². The minimum absolute atomic E-state index is 0.0505. The van der Waals surface area contributed by atoms with Gasteiger partial charge in [-0.15, -0.1) is 0 Å². The highest BCUT2D eigenvalue weighted by Gasteiger charge is 2.55. The lowest BCUT2D eigenvalue weighted by Crippen LogP contribution is -2.40. The molecule has 28 heavy (non-hydrogen) atoms. The third kappa shape index (κ3) is 2.83.